The van der Waals surface area contributed by atoms with Gasteiger partial charge >= 0.3 is 0 Å². The molecular formula is C17H13FN2O. The van der Waals surface area contributed by atoms with E-state index in [1.807, 2.05) is 12.1 Å². The number of halogens is 1. The van der Waals surface area contributed by atoms with Gasteiger partial charge in [0, 0.05) is 29.8 Å². The molecule has 1 amide bonds. The van der Waals surface area contributed by atoms with Gasteiger partial charge < -0.3 is 5.32 Å². The number of hydrogen-bond donors (Lipinski definition) is 1. The van der Waals surface area contributed by atoms with Crippen LogP contribution in [0.4, 0.5) is 4.39 Å². The summed E-state index contributed by atoms with van der Waals surface area (Å²) in [6.07, 6.45) is 1.64. The lowest BCUT2D eigenvalue weighted by molar-refractivity contribution is 0.0963. The number of nitrogens with zero attached hydrogens (tertiary/aromatic N) is 1. The zero-order valence-electron chi connectivity index (χ0n) is 11.4. The minimum atomic E-state index is -0.288. The zero-order valence-corrected chi connectivity index (χ0v) is 11.4. The van der Waals surface area contributed by atoms with E-state index in [2.05, 4.69) is 10.3 Å². The second-order valence-corrected chi connectivity index (χ2v) is 4.65. The van der Waals surface area contributed by atoms with E-state index < -0.39 is 0 Å². The second-order valence-electron chi connectivity index (χ2n) is 4.65. The van der Waals surface area contributed by atoms with Gasteiger partial charge in [0.15, 0.2) is 0 Å². The van der Waals surface area contributed by atoms with Crippen molar-refractivity contribution in [3.63, 3.8) is 0 Å². The van der Waals surface area contributed by atoms with Crippen molar-refractivity contribution in [3.8, 4) is 11.1 Å². The molecule has 2 aromatic carbocycles. The highest BCUT2D eigenvalue weighted by Crippen LogP contribution is 2.28. The van der Waals surface area contributed by atoms with Gasteiger partial charge in [-0.15, -0.1) is 0 Å². The Morgan fingerprint density at radius 2 is 1.86 bits per heavy atom. The Hall–Kier alpha value is -2.75. The minimum Gasteiger partial charge on any atom is -0.355 e. The van der Waals surface area contributed by atoms with Gasteiger partial charge in [0.05, 0.1) is 5.52 Å². The minimum absolute atomic E-state index is 0.136. The fourth-order valence-corrected chi connectivity index (χ4v) is 2.32. The van der Waals surface area contributed by atoms with Crippen LogP contribution in [0.25, 0.3) is 22.0 Å². The van der Waals surface area contributed by atoms with E-state index in [0.717, 1.165) is 11.1 Å². The predicted molar refractivity (Wildman–Crippen MR) is 80.5 cm³/mol. The van der Waals surface area contributed by atoms with Gasteiger partial charge in [-0.05, 0) is 42.0 Å². The van der Waals surface area contributed by atoms with Crippen LogP contribution in [0.1, 0.15) is 10.4 Å². The van der Waals surface area contributed by atoms with Crippen LogP contribution in [-0.2, 0) is 0 Å². The number of pyridine rings is 1. The van der Waals surface area contributed by atoms with Crippen LogP contribution in [0, 0.1) is 5.82 Å². The number of rotatable bonds is 2. The van der Waals surface area contributed by atoms with Crippen LogP contribution in [0.15, 0.2) is 54.7 Å². The average Bonchev–Trinajstić information content (AvgIpc) is 2.55. The molecule has 3 aromatic rings. The van der Waals surface area contributed by atoms with Gasteiger partial charge in [-0.3, -0.25) is 9.78 Å². The van der Waals surface area contributed by atoms with Crippen molar-refractivity contribution >= 4 is 16.8 Å². The summed E-state index contributed by atoms with van der Waals surface area (Å²) in [5.74, 6) is -0.424. The molecule has 1 aromatic heterocycles. The normalized spacial score (nSPS) is 10.6. The molecule has 1 N–H and O–H groups in total. The Labute approximate surface area is 121 Å². The molecule has 0 unspecified atom stereocenters. The number of hydrogen-bond acceptors (Lipinski definition) is 2. The molecule has 0 aliphatic carbocycles. The van der Waals surface area contributed by atoms with E-state index in [-0.39, 0.29) is 11.7 Å². The first-order valence-electron chi connectivity index (χ1n) is 6.56. The summed E-state index contributed by atoms with van der Waals surface area (Å²) >= 11 is 0. The zero-order chi connectivity index (χ0) is 14.8. The molecule has 0 saturated heterocycles. The number of carbonyl (C=O) groups excluding carboxylic acids is 1. The first-order valence-corrected chi connectivity index (χ1v) is 6.56. The molecule has 0 fully saturated rings. The Bertz CT molecular complexity index is 813. The Morgan fingerprint density at radius 3 is 2.57 bits per heavy atom. The van der Waals surface area contributed by atoms with Gasteiger partial charge in [-0.1, -0.05) is 12.1 Å². The predicted octanol–water partition coefficient (Wildman–Crippen LogP) is 3.40. The van der Waals surface area contributed by atoms with Crippen molar-refractivity contribution in [2.75, 3.05) is 7.05 Å². The first kappa shape index (κ1) is 13.2. The standard InChI is InChI=1S/C17H13FN2O/c1-19-17(21)12-6-4-11(5-7-12)13-8-9-15(18)14-3-2-10-20-16(13)14/h2-10H,1H3,(H,19,21). The summed E-state index contributed by atoms with van der Waals surface area (Å²) in [5.41, 5.74) is 2.94. The largest absolute Gasteiger partial charge is 0.355 e. The van der Waals surface area contributed by atoms with Crippen LogP contribution >= 0.6 is 0 Å². The lowest BCUT2D eigenvalue weighted by Gasteiger charge is -2.07. The van der Waals surface area contributed by atoms with E-state index in [1.54, 1.807) is 43.6 Å². The molecule has 0 aliphatic heterocycles. The summed E-state index contributed by atoms with van der Waals surface area (Å²) < 4.78 is 13.8. The molecule has 0 bridgehead atoms. The lowest BCUT2D eigenvalue weighted by atomic mass is 10.0. The molecule has 1 heterocycles. The van der Waals surface area contributed by atoms with Crippen molar-refractivity contribution in [1.82, 2.24) is 10.3 Å². The maximum Gasteiger partial charge on any atom is 0.251 e. The van der Waals surface area contributed by atoms with Crippen molar-refractivity contribution in [2.45, 2.75) is 0 Å². The molecule has 0 atom stereocenters. The van der Waals surface area contributed by atoms with Gasteiger partial charge in [-0.2, -0.15) is 0 Å². The van der Waals surface area contributed by atoms with Crippen molar-refractivity contribution in [2.24, 2.45) is 0 Å². The third-order valence-corrected chi connectivity index (χ3v) is 3.40. The quantitative estimate of drug-likeness (QED) is 0.781. The second kappa shape index (κ2) is 5.32. The lowest BCUT2D eigenvalue weighted by Crippen LogP contribution is -2.17. The van der Waals surface area contributed by atoms with Crippen molar-refractivity contribution < 1.29 is 9.18 Å². The molecule has 104 valence electrons. The first-order chi connectivity index (χ1) is 10.2. The fraction of sp³-hybridized carbons (Fsp3) is 0.0588. The van der Waals surface area contributed by atoms with Crippen LogP contribution in [-0.4, -0.2) is 17.9 Å². The molecule has 21 heavy (non-hydrogen) atoms. The van der Waals surface area contributed by atoms with E-state index in [0.29, 0.717) is 16.5 Å². The third kappa shape index (κ3) is 2.36. The number of aromatic nitrogens is 1. The highest BCUT2D eigenvalue weighted by atomic mass is 19.1. The third-order valence-electron chi connectivity index (χ3n) is 3.40. The summed E-state index contributed by atoms with van der Waals surface area (Å²) in [6, 6.07) is 13.7. The Morgan fingerprint density at radius 1 is 1.10 bits per heavy atom. The SMILES string of the molecule is CNC(=O)c1ccc(-c2ccc(F)c3cccnc23)cc1. The van der Waals surface area contributed by atoms with E-state index in [4.69, 9.17) is 0 Å². The van der Waals surface area contributed by atoms with Gasteiger partial charge in [0.25, 0.3) is 5.91 Å². The van der Waals surface area contributed by atoms with Crippen molar-refractivity contribution in [1.29, 1.82) is 0 Å². The summed E-state index contributed by atoms with van der Waals surface area (Å²) in [6.45, 7) is 0. The number of amides is 1. The molecule has 0 spiro atoms. The molecule has 0 radical (unpaired) electrons. The molecule has 3 rings (SSSR count). The monoisotopic (exact) mass is 280 g/mol. The van der Waals surface area contributed by atoms with E-state index >= 15 is 0 Å². The molecule has 3 nitrogen and oxygen atoms in total. The van der Waals surface area contributed by atoms with E-state index in [1.165, 1.54) is 6.07 Å². The highest BCUT2D eigenvalue weighted by Gasteiger charge is 2.09. The smallest absolute Gasteiger partial charge is 0.251 e. The number of nitrogens with one attached hydrogen (secondary N) is 1. The number of benzene rings is 2. The number of fused-ring (bicyclic) bond motifs is 1. The summed E-state index contributed by atoms with van der Waals surface area (Å²) in [5, 5.41) is 3.07. The molecule has 0 saturated carbocycles. The topological polar surface area (TPSA) is 42.0 Å². The molecule has 0 aliphatic rings. The van der Waals surface area contributed by atoms with Crippen LogP contribution < -0.4 is 5.32 Å². The maximum absolute atomic E-state index is 13.8. The van der Waals surface area contributed by atoms with Crippen LogP contribution in [0.3, 0.4) is 0 Å². The maximum atomic E-state index is 13.8. The summed E-state index contributed by atoms with van der Waals surface area (Å²) in [4.78, 5) is 15.8. The average molecular weight is 280 g/mol. The van der Waals surface area contributed by atoms with Crippen LogP contribution in [0.5, 0.6) is 0 Å². The van der Waals surface area contributed by atoms with Gasteiger partial charge in [0.1, 0.15) is 5.82 Å². The summed E-state index contributed by atoms with van der Waals surface area (Å²) in [7, 11) is 1.59. The Balaban J connectivity index is 2.13. The molecule has 4 heteroatoms. The van der Waals surface area contributed by atoms with Gasteiger partial charge in [0.2, 0.25) is 0 Å². The van der Waals surface area contributed by atoms with E-state index in [9.17, 15) is 9.18 Å². The van der Waals surface area contributed by atoms with Crippen molar-refractivity contribution in [3.05, 3.63) is 66.1 Å². The Kier molecular flexibility index (Phi) is 3.36. The fourth-order valence-electron chi connectivity index (χ4n) is 2.32. The van der Waals surface area contributed by atoms with Gasteiger partial charge in [-0.25, -0.2) is 4.39 Å². The highest BCUT2D eigenvalue weighted by molar-refractivity contribution is 5.96. The number of carbonyl (C=O) groups is 1. The molecular weight excluding hydrogens is 267 g/mol. The van der Waals surface area contributed by atoms with Crippen LogP contribution in [0.2, 0.25) is 0 Å².